The zero-order valence-corrected chi connectivity index (χ0v) is 15.6. The number of ether oxygens (including phenoxy) is 4. The van der Waals surface area contributed by atoms with E-state index in [0.717, 1.165) is 5.56 Å². The van der Waals surface area contributed by atoms with Crippen molar-refractivity contribution in [2.24, 2.45) is 0 Å². The molecule has 0 heterocycles. The fraction of sp³-hybridized carbons (Fsp3) is 0.350. The Balaban J connectivity index is 1.86. The SMILES string of the molecule is COc1ccc(CCNC(=O)[C@H](C)Oc2ccccc2OC)cc1OC. The lowest BCUT2D eigenvalue weighted by atomic mass is 10.1. The summed E-state index contributed by atoms with van der Waals surface area (Å²) in [5.41, 5.74) is 1.04. The third kappa shape index (κ3) is 5.05. The van der Waals surface area contributed by atoms with E-state index in [4.69, 9.17) is 18.9 Å². The quantitative estimate of drug-likeness (QED) is 0.746. The monoisotopic (exact) mass is 359 g/mol. The van der Waals surface area contributed by atoms with E-state index in [2.05, 4.69) is 5.32 Å². The van der Waals surface area contributed by atoms with Gasteiger partial charge in [0.2, 0.25) is 0 Å². The molecule has 1 amide bonds. The minimum atomic E-state index is -0.628. The molecule has 0 aliphatic rings. The van der Waals surface area contributed by atoms with E-state index < -0.39 is 6.10 Å². The van der Waals surface area contributed by atoms with Gasteiger partial charge in [-0.05, 0) is 43.2 Å². The molecule has 2 rings (SSSR count). The average molecular weight is 359 g/mol. The smallest absolute Gasteiger partial charge is 0.260 e. The molecular weight excluding hydrogens is 334 g/mol. The van der Waals surface area contributed by atoms with Crippen molar-refractivity contribution in [1.82, 2.24) is 5.32 Å². The first-order chi connectivity index (χ1) is 12.6. The van der Waals surface area contributed by atoms with Gasteiger partial charge in [0.25, 0.3) is 5.91 Å². The second-order valence-corrected chi connectivity index (χ2v) is 5.64. The van der Waals surface area contributed by atoms with Gasteiger partial charge in [0.05, 0.1) is 21.3 Å². The molecular formula is C20H25NO5. The van der Waals surface area contributed by atoms with Crippen molar-refractivity contribution in [3.05, 3.63) is 48.0 Å². The maximum absolute atomic E-state index is 12.2. The van der Waals surface area contributed by atoms with Crippen LogP contribution in [0.4, 0.5) is 0 Å². The summed E-state index contributed by atoms with van der Waals surface area (Å²) < 4.78 is 21.4. The number of carbonyl (C=O) groups is 1. The summed E-state index contributed by atoms with van der Waals surface area (Å²) in [5, 5.41) is 2.88. The van der Waals surface area contributed by atoms with Crippen LogP contribution < -0.4 is 24.3 Å². The Morgan fingerprint density at radius 3 is 2.19 bits per heavy atom. The van der Waals surface area contributed by atoms with Crippen molar-refractivity contribution in [2.75, 3.05) is 27.9 Å². The molecule has 140 valence electrons. The molecule has 0 radical (unpaired) electrons. The molecule has 6 heteroatoms. The lowest BCUT2D eigenvalue weighted by molar-refractivity contribution is -0.127. The average Bonchev–Trinajstić information content (AvgIpc) is 2.68. The maximum atomic E-state index is 12.2. The van der Waals surface area contributed by atoms with Crippen LogP contribution in [-0.4, -0.2) is 39.9 Å². The molecule has 0 spiro atoms. The van der Waals surface area contributed by atoms with E-state index in [1.54, 1.807) is 40.4 Å². The summed E-state index contributed by atoms with van der Waals surface area (Å²) in [6.45, 7) is 2.20. The highest BCUT2D eigenvalue weighted by molar-refractivity contribution is 5.80. The number of para-hydroxylation sites is 2. The summed E-state index contributed by atoms with van der Waals surface area (Å²) in [5.74, 6) is 2.30. The highest BCUT2D eigenvalue weighted by Gasteiger charge is 2.16. The van der Waals surface area contributed by atoms with Gasteiger partial charge in [0, 0.05) is 6.54 Å². The van der Waals surface area contributed by atoms with Crippen LogP contribution in [0.3, 0.4) is 0 Å². The lowest BCUT2D eigenvalue weighted by Crippen LogP contribution is -2.37. The number of nitrogens with one attached hydrogen (secondary N) is 1. The Kier molecular flexibility index (Phi) is 7.14. The van der Waals surface area contributed by atoms with Crippen molar-refractivity contribution < 1.29 is 23.7 Å². The fourth-order valence-electron chi connectivity index (χ4n) is 2.47. The number of methoxy groups -OCH3 is 3. The number of hydrogen-bond donors (Lipinski definition) is 1. The number of rotatable bonds is 9. The van der Waals surface area contributed by atoms with Crippen molar-refractivity contribution in [3.63, 3.8) is 0 Å². The fourth-order valence-corrected chi connectivity index (χ4v) is 2.47. The largest absolute Gasteiger partial charge is 0.493 e. The van der Waals surface area contributed by atoms with Crippen molar-refractivity contribution in [2.45, 2.75) is 19.4 Å². The van der Waals surface area contributed by atoms with Crippen molar-refractivity contribution in [3.8, 4) is 23.0 Å². The molecule has 0 aliphatic heterocycles. The molecule has 0 saturated heterocycles. The van der Waals surface area contributed by atoms with E-state index in [1.807, 2.05) is 30.3 Å². The zero-order chi connectivity index (χ0) is 18.9. The van der Waals surface area contributed by atoms with E-state index in [-0.39, 0.29) is 5.91 Å². The highest BCUT2D eigenvalue weighted by Crippen LogP contribution is 2.28. The van der Waals surface area contributed by atoms with Gasteiger partial charge in [-0.25, -0.2) is 0 Å². The third-order valence-electron chi connectivity index (χ3n) is 3.90. The van der Waals surface area contributed by atoms with Gasteiger partial charge < -0.3 is 24.3 Å². The summed E-state index contributed by atoms with van der Waals surface area (Å²) in [6.07, 6.45) is 0.0460. The van der Waals surface area contributed by atoms with Crippen LogP contribution >= 0.6 is 0 Å². The lowest BCUT2D eigenvalue weighted by Gasteiger charge is -2.16. The first kappa shape index (κ1) is 19.4. The van der Waals surface area contributed by atoms with E-state index in [0.29, 0.717) is 36.0 Å². The zero-order valence-electron chi connectivity index (χ0n) is 15.6. The minimum absolute atomic E-state index is 0.184. The van der Waals surface area contributed by atoms with Gasteiger partial charge in [-0.15, -0.1) is 0 Å². The summed E-state index contributed by atoms with van der Waals surface area (Å²) in [7, 11) is 4.76. The summed E-state index contributed by atoms with van der Waals surface area (Å²) in [4.78, 5) is 12.2. The van der Waals surface area contributed by atoms with Gasteiger partial charge in [-0.2, -0.15) is 0 Å². The number of benzene rings is 2. The van der Waals surface area contributed by atoms with Crippen molar-refractivity contribution in [1.29, 1.82) is 0 Å². The molecule has 0 bridgehead atoms. The number of amides is 1. The second-order valence-electron chi connectivity index (χ2n) is 5.64. The van der Waals surface area contributed by atoms with Crippen LogP contribution in [0, 0.1) is 0 Å². The molecule has 0 saturated carbocycles. The standard InChI is InChI=1S/C20H25NO5/c1-14(26-18-8-6-5-7-16(18)23-2)20(22)21-12-11-15-9-10-17(24-3)19(13-15)25-4/h5-10,13-14H,11-12H2,1-4H3,(H,21,22)/t14-/m0/s1. The second kappa shape index (κ2) is 9.56. The Labute approximate surface area is 154 Å². The Morgan fingerprint density at radius 2 is 1.54 bits per heavy atom. The van der Waals surface area contributed by atoms with E-state index in [1.165, 1.54) is 0 Å². The predicted octanol–water partition coefficient (Wildman–Crippen LogP) is 2.84. The van der Waals surface area contributed by atoms with Crippen LogP contribution in [0.1, 0.15) is 12.5 Å². The molecule has 2 aromatic carbocycles. The third-order valence-corrected chi connectivity index (χ3v) is 3.90. The normalized spacial score (nSPS) is 11.4. The van der Waals surface area contributed by atoms with Gasteiger partial charge in [-0.3, -0.25) is 4.79 Å². The van der Waals surface area contributed by atoms with Gasteiger partial charge in [0.15, 0.2) is 29.1 Å². The Hall–Kier alpha value is -2.89. The number of hydrogen-bond acceptors (Lipinski definition) is 5. The highest BCUT2D eigenvalue weighted by atomic mass is 16.5. The molecule has 2 aromatic rings. The molecule has 26 heavy (non-hydrogen) atoms. The Bertz CT molecular complexity index is 732. The molecule has 6 nitrogen and oxygen atoms in total. The molecule has 0 fully saturated rings. The molecule has 1 atom stereocenters. The predicted molar refractivity (Wildman–Crippen MR) is 99.3 cm³/mol. The molecule has 0 aliphatic carbocycles. The van der Waals surface area contributed by atoms with Crippen LogP contribution in [-0.2, 0) is 11.2 Å². The van der Waals surface area contributed by atoms with Gasteiger partial charge >= 0.3 is 0 Å². The van der Waals surface area contributed by atoms with E-state index >= 15 is 0 Å². The minimum Gasteiger partial charge on any atom is -0.493 e. The van der Waals surface area contributed by atoms with Crippen LogP contribution in [0.25, 0.3) is 0 Å². The van der Waals surface area contributed by atoms with Crippen LogP contribution in [0.2, 0.25) is 0 Å². The first-order valence-corrected chi connectivity index (χ1v) is 8.37. The molecule has 1 N–H and O–H groups in total. The molecule has 0 unspecified atom stereocenters. The first-order valence-electron chi connectivity index (χ1n) is 8.37. The van der Waals surface area contributed by atoms with Gasteiger partial charge in [0.1, 0.15) is 0 Å². The van der Waals surface area contributed by atoms with Crippen LogP contribution in [0.15, 0.2) is 42.5 Å². The summed E-state index contributed by atoms with van der Waals surface area (Å²) >= 11 is 0. The van der Waals surface area contributed by atoms with E-state index in [9.17, 15) is 4.79 Å². The van der Waals surface area contributed by atoms with Crippen molar-refractivity contribution >= 4 is 5.91 Å². The molecule has 0 aromatic heterocycles. The Morgan fingerprint density at radius 1 is 0.923 bits per heavy atom. The summed E-state index contributed by atoms with van der Waals surface area (Å²) in [6, 6.07) is 12.9. The maximum Gasteiger partial charge on any atom is 0.260 e. The van der Waals surface area contributed by atoms with Crippen LogP contribution in [0.5, 0.6) is 23.0 Å². The topological polar surface area (TPSA) is 66.0 Å². The van der Waals surface area contributed by atoms with Gasteiger partial charge in [-0.1, -0.05) is 18.2 Å². The number of carbonyl (C=O) groups excluding carboxylic acids is 1.